The molecule has 0 aromatic carbocycles. The fourth-order valence-electron chi connectivity index (χ4n) is 4.44. The molecule has 2 N–H and O–H groups in total. The predicted molar refractivity (Wildman–Crippen MR) is 110 cm³/mol. The molecule has 29 heavy (non-hydrogen) atoms. The number of aryl methyl sites for hydroxylation is 2. The summed E-state index contributed by atoms with van der Waals surface area (Å²) in [7, 11) is 0. The molecule has 2 aliphatic rings. The molecule has 1 amide bonds. The maximum Gasteiger partial charge on any atom is 0.259 e. The van der Waals surface area contributed by atoms with Crippen LogP contribution in [0.25, 0.3) is 10.2 Å². The van der Waals surface area contributed by atoms with Gasteiger partial charge in [0.15, 0.2) is 11.7 Å². The number of nitrogens with zero attached hydrogens (tertiary/aromatic N) is 2. The van der Waals surface area contributed by atoms with Gasteiger partial charge in [-0.15, -0.1) is 11.3 Å². The molecule has 0 aliphatic heterocycles. The average molecular weight is 413 g/mol. The fraction of sp³-hybridized carbons (Fsp3) is 0.571. The summed E-state index contributed by atoms with van der Waals surface area (Å²) < 4.78 is 0. The van der Waals surface area contributed by atoms with Crippen LogP contribution in [0.2, 0.25) is 0 Å². The monoisotopic (exact) mass is 412 g/mol. The Morgan fingerprint density at radius 3 is 2.76 bits per heavy atom. The van der Waals surface area contributed by atoms with Gasteiger partial charge in [-0.2, -0.15) is 5.26 Å². The van der Waals surface area contributed by atoms with E-state index in [1.165, 1.54) is 16.2 Å². The van der Waals surface area contributed by atoms with Crippen molar-refractivity contribution in [3.05, 3.63) is 26.6 Å². The van der Waals surface area contributed by atoms with Crippen LogP contribution in [0.4, 0.5) is 0 Å². The highest BCUT2D eigenvalue weighted by Gasteiger charge is 2.27. The number of carbonyl (C=O) groups excluding carboxylic acids is 2. The molecular formula is C21H24N4O3S. The smallest absolute Gasteiger partial charge is 0.259 e. The second-order valence-corrected chi connectivity index (χ2v) is 9.09. The number of rotatable bonds is 6. The number of fused-ring (bicyclic) bond motifs is 3. The van der Waals surface area contributed by atoms with E-state index in [0.29, 0.717) is 22.6 Å². The van der Waals surface area contributed by atoms with Crippen LogP contribution >= 0.6 is 11.3 Å². The van der Waals surface area contributed by atoms with Gasteiger partial charge in [-0.25, -0.2) is 4.98 Å². The van der Waals surface area contributed by atoms with Gasteiger partial charge in [-0.05, 0) is 50.0 Å². The number of thiophene rings is 1. The highest BCUT2D eigenvalue weighted by atomic mass is 32.1. The van der Waals surface area contributed by atoms with Crippen molar-refractivity contribution in [2.24, 2.45) is 5.92 Å². The number of H-pyrrole nitrogens is 1. The largest absolute Gasteiger partial charge is 0.349 e. The first-order valence-electron chi connectivity index (χ1n) is 10.3. The number of nitriles is 1. The number of aromatic nitrogens is 2. The molecule has 2 aromatic heterocycles. The molecule has 0 radical (unpaired) electrons. The Morgan fingerprint density at radius 1 is 1.24 bits per heavy atom. The van der Waals surface area contributed by atoms with Crippen molar-refractivity contribution < 1.29 is 9.59 Å². The zero-order valence-electron chi connectivity index (χ0n) is 16.3. The molecule has 0 unspecified atom stereocenters. The van der Waals surface area contributed by atoms with Crippen LogP contribution in [0.1, 0.15) is 67.1 Å². The van der Waals surface area contributed by atoms with E-state index in [2.05, 4.69) is 15.3 Å². The van der Waals surface area contributed by atoms with Crippen LogP contribution < -0.4 is 10.9 Å². The molecular weight excluding hydrogens is 388 g/mol. The second-order valence-electron chi connectivity index (χ2n) is 8.00. The minimum Gasteiger partial charge on any atom is -0.349 e. The van der Waals surface area contributed by atoms with Crippen molar-refractivity contribution >= 4 is 33.2 Å². The zero-order valence-corrected chi connectivity index (χ0v) is 17.1. The maximum atomic E-state index is 12.7. The highest BCUT2D eigenvalue weighted by molar-refractivity contribution is 7.18. The lowest BCUT2D eigenvalue weighted by atomic mass is 9.97. The summed E-state index contributed by atoms with van der Waals surface area (Å²) in [6.07, 6.45) is 8.81. The first-order valence-corrected chi connectivity index (χ1v) is 11.1. The van der Waals surface area contributed by atoms with Crippen molar-refractivity contribution in [2.75, 3.05) is 6.54 Å². The Kier molecular flexibility index (Phi) is 5.76. The second kappa shape index (κ2) is 8.46. The number of nitrogens with one attached hydrogen (secondary N) is 2. The molecule has 4 rings (SSSR count). The Bertz CT molecular complexity index is 1040. The topological polar surface area (TPSA) is 116 Å². The molecule has 8 heteroatoms. The SMILES string of the molecule is N#C[C@@H](C(=O)CNC(=O)CC1CCCC1)c1nc2sc3c(c2c(=O)[nH]1)CCCC3. The van der Waals surface area contributed by atoms with E-state index < -0.39 is 11.7 Å². The molecule has 0 bridgehead atoms. The van der Waals surface area contributed by atoms with E-state index in [-0.39, 0.29) is 23.8 Å². The van der Waals surface area contributed by atoms with Crippen molar-refractivity contribution in [3.63, 3.8) is 0 Å². The summed E-state index contributed by atoms with van der Waals surface area (Å²) in [5.74, 6) is -1.36. The lowest BCUT2D eigenvalue weighted by Crippen LogP contribution is -2.33. The number of amides is 1. The molecule has 2 aliphatic carbocycles. The molecule has 2 heterocycles. The average Bonchev–Trinajstić information content (AvgIpc) is 3.34. The van der Waals surface area contributed by atoms with Crippen molar-refractivity contribution in [2.45, 2.75) is 63.7 Å². The summed E-state index contributed by atoms with van der Waals surface area (Å²) in [5.41, 5.74) is 0.776. The summed E-state index contributed by atoms with van der Waals surface area (Å²) in [6.45, 7) is -0.230. The van der Waals surface area contributed by atoms with E-state index >= 15 is 0 Å². The molecule has 1 saturated carbocycles. The third kappa shape index (κ3) is 4.10. The van der Waals surface area contributed by atoms with Gasteiger partial charge >= 0.3 is 0 Å². The van der Waals surface area contributed by atoms with Crippen LogP contribution in [0.5, 0.6) is 0 Å². The number of hydrogen-bond donors (Lipinski definition) is 2. The van der Waals surface area contributed by atoms with E-state index in [1.807, 2.05) is 6.07 Å². The van der Waals surface area contributed by atoms with Gasteiger partial charge in [-0.1, -0.05) is 12.8 Å². The maximum absolute atomic E-state index is 12.7. The first-order chi connectivity index (χ1) is 14.1. The van der Waals surface area contributed by atoms with Crippen LogP contribution in [-0.4, -0.2) is 28.2 Å². The number of hydrogen-bond acceptors (Lipinski definition) is 6. The van der Waals surface area contributed by atoms with E-state index in [9.17, 15) is 19.6 Å². The van der Waals surface area contributed by atoms with Crippen LogP contribution in [0, 0.1) is 17.2 Å². The van der Waals surface area contributed by atoms with Gasteiger partial charge in [0.2, 0.25) is 5.91 Å². The quantitative estimate of drug-likeness (QED) is 0.757. The Hall–Kier alpha value is -2.53. The predicted octanol–water partition coefficient (Wildman–Crippen LogP) is 2.74. The molecule has 7 nitrogen and oxygen atoms in total. The van der Waals surface area contributed by atoms with Gasteiger partial charge in [-0.3, -0.25) is 14.4 Å². The lowest BCUT2D eigenvalue weighted by molar-refractivity contribution is -0.125. The highest BCUT2D eigenvalue weighted by Crippen LogP contribution is 2.34. The van der Waals surface area contributed by atoms with E-state index in [4.69, 9.17) is 0 Å². The van der Waals surface area contributed by atoms with Gasteiger partial charge in [0.05, 0.1) is 18.0 Å². The van der Waals surface area contributed by atoms with Crippen LogP contribution in [-0.2, 0) is 22.4 Å². The zero-order chi connectivity index (χ0) is 20.4. The summed E-state index contributed by atoms with van der Waals surface area (Å²) in [4.78, 5) is 46.2. The fourth-order valence-corrected chi connectivity index (χ4v) is 5.71. The summed E-state index contributed by atoms with van der Waals surface area (Å²) in [6, 6.07) is 1.94. The van der Waals surface area contributed by atoms with Gasteiger partial charge in [0.1, 0.15) is 10.7 Å². The third-order valence-corrected chi connectivity index (χ3v) is 7.16. The number of Topliss-reactive ketones (excluding diaryl/α,β-unsaturated/α-hetero) is 1. The summed E-state index contributed by atoms with van der Waals surface area (Å²) >= 11 is 1.48. The van der Waals surface area contributed by atoms with E-state index in [1.54, 1.807) is 0 Å². The van der Waals surface area contributed by atoms with Crippen LogP contribution in [0.15, 0.2) is 4.79 Å². The van der Waals surface area contributed by atoms with Crippen molar-refractivity contribution in [1.29, 1.82) is 5.26 Å². The molecule has 1 atom stereocenters. The van der Waals surface area contributed by atoms with Gasteiger partial charge in [0.25, 0.3) is 5.56 Å². The molecule has 2 aromatic rings. The Balaban J connectivity index is 1.49. The number of carbonyl (C=O) groups is 2. The van der Waals surface area contributed by atoms with Gasteiger partial charge < -0.3 is 10.3 Å². The first kappa shape index (κ1) is 19.8. The number of ketones is 1. The van der Waals surface area contributed by atoms with Crippen molar-refractivity contribution in [3.8, 4) is 6.07 Å². The Morgan fingerprint density at radius 2 is 2.00 bits per heavy atom. The molecule has 1 fully saturated rings. The molecule has 0 saturated heterocycles. The Labute approximate surface area is 172 Å². The van der Waals surface area contributed by atoms with Gasteiger partial charge in [0, 0.05) is 11.3 Å². The third-order valence-electron chi connectivity index (χ3n) is 5.98. The standard InChI is InChI=1S/C21H24N4O3S/c22-10-14(15(26)11-23-17(27)9-12-5-1-2-6-12)19-24-20(28)18-13-7-3-4-8-16(13)29-21(18)25-19/h12,14H,1-9,11H2,(H,23,27)(H,24,25,28)/t14-/m0/s1. The minimum atomic E-state index is -1.20. The summed E-state index contributed by atoms with van der Waals surface area (Å²) in [5, 5.41) is 12.8. The van der Waals surface area contributed by atoms with E-state index in [0.717, 1.165) is 56.9 Å². The lowest BCUT2D eigenvalue weighted by Gasteiger charge is -2.11. The normalized spacial score (nSPS) is 17.6. The molecule has 0 spiro atoms. The molecule has 152 valence electrons. The minimum absolute atomic E-state index is 0.0682. The van der Waals surface area contributed by atoms with Crippen molar-refractivity contribution in [1.82, 2.24) is 15.3 Å². The van der Waals surface area contributed by atoms with Crippen LogP contribution in [0.3, 0.4) is 0 Å². The number of aromatic amines is 1.